The third kappa shape index (κ3) is 8.55. The van der Waals surface area contributed by atoms with Crippen LogP contribution >= 0.6 is 7.82 Å². The number of methoxy groups -OCH3 is 2. The molecule has 0 heterocycles. The zero-order valence-electron chi connectivity index (χ0n) is 19.4. The Kier molecular flexibility index (Phi) is 10.8. The monoisotopic (exact) mass is 531 g/mol. The summed E-state index contributed by atoms with van der Waals surface area (Å²) >= 11 is 0. The third-order valence-electron chi connectivity index (χ3n) is 4.59. The number of nitriles is 1. The topological polar surface area (TPSA) is 127 Å². The molecule has 1 unspecified atom stereocenters. The van der Waals surface area contributed by atoms with Crippen LogP contribution in [0.5, 0.6) is 17.2 Å². The first-order chi connectivity index (χ1) is 17.1. The summed E-state index contributed by atoms with van der Waals surface area (Å²) in [5.74, 6) is 0.203. The van der Waals surface area contributed by atoms with Gasteiger partial charge in [-0.15, -0.1) is 0 Å². The number of rotatable bonds is 13. The first kappa shape index (κ1) is 29.2. The van der Waals surface area contributed by atoms with Gasteiger partial charge in [-0.05, 0) is 41.0 Å². The number of aliphatic hydroxyl groups excluding tert-OH is 2. The maximum absolute atomic E-state index is 12.9. The Bertz CT molecular complexity index is 1120. The Morgan fingerprint density at radius 2 is 1.64 bits per heavy atom. The van der Waals surface area contributed by atoms with Crippen molar-refractivity contribution in [3.05, 3.63) is 52.6 Å². The van der Waals surface area contributed by atoms with E-state index in [4.69, 9.17) is 23.8 Å². The Morgan fingerprint density at radius 3 is 2.22 bits per heavy atom. The molecule has 0 bridgehead atoms. The molecule has 0 fully saturated rings. The zero-order valence-corrected chi connectivity index (χ0v) is 20.3. The van der Waals surface area contributed by atoms with Crippen molar-refractivity contribution < 1.29 is 51.0 Å². The lowest BCUT2D eigenvalue weighted by atomic mass is 10.0. The average Bonchev–Trinajstić information content (AvgIpc) is 2.85. The van der Waals surface area contributed by atoms with E-state index in [-0.39, 0.29) is 31.1 Å². The molecule has 0 aliphatic heterocycles. The normalized spacial score (nSPS) is 13.3. The maximum atomic E-state index is 12.9. The lowest BCUT2D eigenvalue weighted by Gasteiger charge is -2.20. The molecule has 2 aromatic carbocycles. The number of alkyl halides is 3. The van der Waals surface area contributed by atoms with E-state index in [1.165, 1.54) is 26.4 Å². The van der Waals surface area contributed by atoms with E-state index < -0.39 is 27.2 Å². The Hall–Kier alpha value is -3.07. The quantitative estimate of drug-likeness (QED) is 0.212. The van der Waals surface area contributed by atoms with Gasteiger partial charge in [0, 0.05) is 5.56 Å². The van der Waals surface area contributed by atoms with Gasteiger partial charge in [-0.3, -0.25) is 9.05 Å². The number of aliphatic hydroxyl groups is 2. The number of halogens is 3. The van der Waals surface area contributed by atoms with Crippen molar-refractivity contribution in [1.29, 1.82) is 5.26 Å². The molecule has 2 N–H and O–H groups in total. The average molecular weight is 531 g/mol. The van der Waals surface area contributed by atoms with Crippen LogP contribution < -0.4 is 14.0 Å². The van der Waals surface area contributed by atoms with Gasteiger partial charge in [0.25, 0.3) is 0 Å². The predicted octanol–water partition coefficient (Wildman–Crippen LogP) is 4.85. The van der Waals surface area contributed by atoms with Crippen LogP contribution in [0, 0.1) is 11.3 Å². The van der Waals surface area contributed by atoms with E-state index >= 15 is 0 Å². The van der Waals surface area contributed by atoms with Crippen LogP contribution in [0.25, 0.3) is 12.2 Å². The highest BCUT2D eigenvalue weighted by molar-refractivity contribution is 7.48. The van der Waals surface area contributed by atoms with E-state index in [1.807, 2.05) is 0 Å². The fourth-order valence-corrected chi connectivity index (χ4v) is 4.14. The highest BCUT2D eigenvalue weighted by Crippen LogP contribution is 2.52. The molecule has 0 aliphatic carbocycles. The van der Waals surface area contributed by atoms with Gasteiger partial charge in [-0.1, -0.05) is 18.2 Å². The molecule has 0 aromatic heterocycles. The van der Waals surface area contributed by atoms with Gasteiger partial charge in [-0.25, -0.2) is 4.57 Å². The number of hydrogen-bond acceptors (Lipinski definition) is 9. The Morgan fingerprint density at radius 1 is 0.972 bits per heavy atom. The second-order valence-corrected chi connectivity index (χ2v) is 8.68. The molecule has 2 rings (SSSR count). The summed E-state index contributed by atoms with van der Waals surface area (Å²) in [5, 5.41) is 27.8. The fourth-order valence-electron chi connectivity index (χ4n) is 2.95. The molecule has 1 atom stereocenters. The number of ether oxygens (including phenoxy) is 2. The highest BCUT2D eigenvalue weighted by Gasteiger charge is 2.37. The minimum Gasteiger partial charge on any atom is -0.496 e. The summed E-state index contributed by atoms with van der Waals surface area (Å²) in [4.78, 5) is 0. The van der Waals surface area contributed by atoms with Crippen molar-refractivity contribution in [2.75, 3.05) is 27.4 Å². The lowest BCUT2D eigenvalue weighted by Crippen LogP contribution is -2.18. The summed E-state index contributed by atoms with van der Waals surface area (Å²) in [6, 6.07) is 9.39. The molecule has 36 heavy (non-hydrogen) atoms. The van der Waals surface area contributed by atoms with Gasteiger partial charge in [0.2, 0.25) is 0 Å². The van der Waals surface area contributed by atoms with Crippen molar-refractivity contribution in [2.24, 2.45) is 0 Å². The van der Waals surface area contributed by atoms with Crippen LogP contribution in [-0.2, 0) is 26.8 Å². The smallest absolute Gasteiger partial charge is 0.496 e. The molecular weight excluding hydrogens is 506 g/mol. The van der Waals surface area contributed by atoms with Gasteiger partial charge >= 0.3 is 14.0 Å². The van der Waals surface area contributed by atoms with Crippen molar-refractivity contribution in [2.45, 2.75) is 25.8 Å². The molecule has 0 radical (unpaired) electrons. The molecule has 2 aromatic rings. The third-order valence-corrected chi connectivity index (χ3v) is 5.95. The molecule has 0 amide bonds. The van der Waals surface area contributed by atoms with Crippen molar-refractivity contribution >= 4 is 20.0 Å². The Labute approximate surface area is 205 Å². The van der Waals surface area contributed by atoms with Gasteiger partial charge in [0.05, 0.1) is 46.5 Å². The highest BCUT2D eigenvalue weighted by atomic mass is 31.2. The predicted molar refractivity (Wildman–Crippen MR) is 123 cm³/mol. The van der Waals surface area contributed by atoms with Crippen LogP contribution in [0.1, 0.15) is 28.7 Å². The first-order valence-corrected chi connectivity index (χ1v) is 11.8. The number of phosphoric ester groups is 1. The van der Waals surface area contributed by atoms with Crippen LogP contribution in [0.4, 0.5) is 13.2 Å². The number of hydrogen-bond donors (Lipinski definition) is 2. The molecule has 13 heteroatoms. The van der Waals surface area contributed by atoms with Crippen LogP contribution in [-0.4, -0.2) is 43.8 Å². The molecule has 9 nitrogen and oxygen atoms in total. The minimum atomic E-state index is -4.80. The van der Waals surface area contributed by atoms with Gasteiger partial charge in [0.1, 0.15) is 5.75 Å². The van der Waals surface area contributed by atoms with Crippen LogP contribution in [0.3, 0.4) is 0 Å². The summed E-state index contributed by atoms with van der Waals surface area (Å²) < 4.78 is 75.8. The number of benzene rings is 2. The first-order valence-electron chi connectivity index (χ1n) is 10.4. The van der Waals surface area contributed by atoms with Crippen LogP contribution in [0.2, 0.25) is 0 Å². The van der Waals surface area contributed by atoms with E-state index in [2.05, 4.69) is 4.52 Å². The van der Waals surface area contributed by atoms with Crippen molar-refractivity contribution in [1.82, 2.24) is 0 Å². The summed E-state index contributed by atoms with van der Waals surface area (Å²) in [6.45, 7) is -3.02. The fraction of sp³-hybridized carbons (Fsp3) is 0.348. The maximum Gasteiger partial charge on any atom is 0.530 e. The van der Waals surface area contributed by atoms with Gasteiger partial charge in [0.15, 0.2) is 18.1 Å². The second kappa shape index (κ2) is 13.3. The summed E-state index contributed by atoms with van der Waals surface area (Å²) in [7, 11) is -2.07. The lowest BCUT2D eigenvalue weighted by molar-refractivity contribution is -0.157. The van der Waals surface area contributed by atoms with E-state index in [1.54, 1.807) is 36.4 Å². The minimum absolute atomic E-state index is 0.0448. The van der Waals surface area contributed by atoms with Gasteiger partial charge in [-0.2, -0.15) is 18.4 Å². The molecule has 0 spiro atoms. The van der Waals surface area contributed by atoms with Crippen LogP contribution in [0.15, 0.2) is 30.3 Å². The largest absolute Gasteiger partial charge is 0.530 e. The van der Waals surface area contributed by atoms with E-state index in [0.29, 0.717) is 28.0 Å². The molecule has 0 saturated heterocycles. The molecular formula is C23H25F3NO8P. The molecule has 0 aliphatic rings. The second-order valence-electron chi connectivity index (χ2n) is 7.09. The van der Waals surface area contributed by atoms with E-state index in [9.17, 15) is 27.9 Å². The summed E-state index contributed by atoms with van der Waals surface area (Å²) in [5.41, 5.74) is 2.00. The van der Waals surface area contributed by atoms with E-state index in [0.717, 1.165) is 0 Å². The summed E-state index contributed by atoms with van der Waals surface area (Å²) in [6.07, 6.45) is -1.79. The standard InChI is InChI=1S/C23H25F3NO8P/c1-31-20-7-6-16(4-5-17-10-18(13-28)19(14-29)21(12-17)32-2)11-22(20)35-36(30,33-9-3-8-27)34-15-23(24,25)26/h4-7,10-12,28-29H,3,9,13-15H2,1-2H3/b5-4-. The Balaban J connectivity index is 2.37. The SMILES string of the molecule is COc1ccc(/C=C\c2cc(CO)c(CO)c(OC)c2)cc1OP(=O)(OCCC#N)OCC(F)(F)F. The number of nitrogens with zero attached hydrogens (tertiary/aromatic N) is 1. The van der Waals surface area contributed by atoms with Gasteiger partial charge < -0.3 is 24.2 Å². The van der Waals surface area contributed by atoms with Crippen molar-refractivity contribution in [3.63, 3.8) is 0 Å². The molecule has 0 saturated carbocycles. The zero-order chi connectivity index (χ0) is 26.8. The number of phosphoric acid groups is 1. The molecule has 196 valence electrons. The van der Waals surface area contributed by atoms with Crippen molar-refractivity contribution in [3.8, 4) is 23.3 Å².